The topological polar surface area (TPSA) is 62.5 Å². The molecule has 0 aliphatic carbocycles. The lowest BCUT2D eigenvalue weighted by Gasteiger charge is -2.19. The molecule has 0 aliphatic heterocycles. The van der Waals surface area contributed by atoms with Crippen molar-refractivity contribution in [1.82, 2.24) is 9.47 Å². The molecule has 0 radical (unpaired) electrons. The molecule has 1 N–H and O–H groups in total. The van der Waals surface area contributed by atoms with Crippen molar-refractivity contribution in [3.63, 3.8) is 0 Å². The zero-order chi connectivity index (χ0) is 15.4. The highest BCUT2D eigenvalue weighted by atomic mass is 16.4. The first-order valence-corrected chi connectivity index (χ1v) is 6.51. The number of carbonyl (C=O) groups is 2. The number of carboxylic acid groups (broad SMARTS) is 1. The van der Waals surface area contributed by atoms with Crippen LogP contribution in [0.4, 0.5) is 0 Å². The maximum Gasteiger partial charge on any atom is 0.323 e. The zero-order valence-electron chi connectivity index (χ0n) is 11.7. The number of hydrogen-bond donors (Lipinski definition) is 1. The van der Waals surface area contributed by atoms with E-state index in [0.717, 1.165) is 21.5 Å². The van der Waals surface area contributed by atoms with E-state index in [4.69, 9.17) is 11.5 Å². The summed E-state index contributed by atoms with van der Waals surface area (Å²) in [4.78, 5) is 24.2. The van der Waals surface area contributed by atoms with Gasteiger partial charge in [0.15, 0.2) is 0 Å². The van der Waals surface area contributed by atoms with Crippen LogP contribution in [0.25, 0.3) is 10.9 Å². The second kappa shape index (κ2) is 6.14. The molecule has 1 aromatic heterocycles. The van der Waals surface area contributed by atoms with Crippen molar-refractivity contribution < 1.29 is 14.7 Å². The number of para-hydroxylation sites is 1. The molecule has 21 heavy (non-hydrogen) atoms. The van der Waals surface area contributed by atoms with Gasteiger partial charge in [-0.2, -0.15) is 0 Å². The second-order valence-electron chi connectivity index (χ2n) is 4.78. The van der Waals surface area contributed by atoms with Crippen LogP contribution >= 0.6 is 0 Å². The molecule has 5 heteroatoms. The van der Waals surface area contributed by atoms with Crippen LogP contribution in [0.3, 0.4) is 0 Å². The van der Waals surface area contributed by atoms with Crippen LogP contribution in [0.15, 0.2) is 30.3 Å². The summed E-state index contributed by atoms with van der Waals surface area (Å²) in [5.41, 5.74) is 1.89. The molecular weight excluding hydrogens is 268 g/mol. The van der Waals surface area contributed by atoms with Crippen molar-refractivity contribution in [2.45, 2.75) is 13.5 Å². The monoisotopic (exact) mass is 284 g/mol. The van der Waals surface area contributed by atoms with E-state index in [1.807, 2.05) is 41.8 Å². The molecule has 5 nitrogen and oxygen atoms in total. The summed E-state index contributed by atoms with van der Waals surface area (Å²) < 4.78 is 1.86. The molecule has 1 heterocycles. The van der Waals surface area contributed by atoms with Crippen molar-refractivity contribution in [3.8, 4) is 12.3 Å². The van der Waals surface area contributed by atoms with Crippen molar-refractivity contribution in [1.29, 1.82) is 0 Å². The Bertz CT molecular complexity index is 725. The molecule has 108 valence electrons. The summed E-state index contributed by atoms with van der Waals surface area (Å²) in [6.07, 6.45) is 5.19. The molecule has 2 rings (SSSR count). The zero-order valence-corrected chi connectivity index (χ0v) is 11.7. The minimum Gasteiger partial charge on any atom is -0.480 e. The van der Waals surface area contributed by atoms with Crippen LogP contribution in [-0.4, -0.2) is 39.5 Å². The number of nitrogens with zero attached hydrogens (tertiary/aromatic N) is 2. The van der Waals surface area contributed by atoms with Crippen LogP contribution in [0.1, 0.15) is 5.69 Å². The summed E-state index contributed by atoms with van der Waals surface area (Å²) in [6.45, 7) is 1.59. The lowest BCUT2D eigenvalue weighted by Crippen LogP contribution is -2.38. The highest BCUT2D eigenvalue weighted by Gasteiger charge is 2.17. The van der Waals surface area contributed by atoms with Gasteiger partial charge in [0.1, 0.15) is 13.1 Å². The molecule has 0 spiro atoms. The van der Waals surface area contributed by atoms with Crippen LogP contribution in [0.5, 0.6) is 0 Å². The van der Waals surface area contributed by atoms with Gasteiger partial charge in [0.2, 0.25) is 5.91 Å². The number of aromatic nitrogens is 1. The van der Waals surface area contributed by atoms with Crippen LogP contribution < -0.4 is 0 Å². The fourth-order valence-corrected chi connectivity index (χ4v) is 2.30. The maximum atomic E-state index is 12.3. The van der Waals surface area contributed by atoms with Gasteiger partial charge in [-0.05, 0) is 24.4 Å². The quantitative estimate of drug-likeness (QED) is 0.846. The number of terminal acetylenes is 1. The number of fused-ring (bicyclic) bond motifs is 1. The second-order valence-corrected chi connectivity index (χ2v) is 4.78. The molecule has 2 aromatic rings. The lowest BCUT2D eigenvalue weighted by molar-refractivity contribution is -0.144. The van der Waals surface area contributed by atoms with Crippen molar-refractivity contribution >= 4 is 22.8 Å². The molecule has 0 fully saturated rings. The normalized spacial score (nSPS) is 10.3. The summed E-state index contributed by atoms with van der Waals surface area (Å²) >= 11 is 0. The predicted molar refractivity (Wildman–Crippen MR) is 79.7 cm³/mol. The Kier molecular flexibility index (Phi) is 4.29. The van der Waals surface area contributed by atoms with Gasteiger partial charge in [-0.1, -0.05) is 24.1 Å². The Morgan fingerprint density at radius 1 is 1.38 bits per heavy atom. The Labute approximate surface area is 122 Å². The van der Waals surface area contributed by atoms with E-state index in [1.54, 1.807) is 0 Å². The molecule has 1 amide bonds. The molecule has 0 atom stereocenters. The molecular formula is C16H16N2O3. The number of carbonyl (C=O) groups excluding carboxylic acids is 1. The lowest BCUT2D eigenvalue weighted by atomic mass is 10.2. The molecule has 0 aliphatic rings. The van der Waals surface area contributed by atoms with Gasteiger partial charge in [-0.15, -0.1) is 6.42 Å². The van der Waals surface area contributed by atoms with E-state index in [0.29, 0.717) is 0 Å². The van der Waals surface area contributed by atoms with Gasteiger partial charge in [0.25, 0.3) is 0 Å². The third-order valence-corrected chi connectivity index (χ3v) is 3.27. The number of carboxylic acids is 1. The largest absolute Gasteiger partial charge is 0.480 e. The van der Waals surface area contributed by atoms with E-state index >= 15 is 0 Å². The number of aliphatic carboxylic acids is 1. The third kappa shape index (κ3) is 3.23. The first-order valence-electron chi connectivity index (χ1n) is 6.51. The fourth-order valence-electron chi connectivity index (χ4n) is 2.30. The van der Waals surface area contributed by atoms with Crippen molar-refractivity contribution in [3.05, 3.63) is 36.0 Å². The summed E-state index contributed by atoms with van der Waals surface area (Å²) in [5.74, 6) is 0.936. The number of amides is 1. The highest BCUT2D eigenvalue weighted by Crippen LogP contribution is 2.19. The minimum atomic E-state index is -1.08. The van der Waals surface area contributed by atoms with Crippen LogP contribution in [0, 0.1) is 19.3 Å². The predicted octanol–water partition coefficient (Wildman–Crippen LogP) is 1.50. The summed E-state index contributed by atoms with van der Waals surface area (Å²) in [5, 5.41) is 9.89. The molecule has 1 aromatic carbocycles. The van der Waals surface area contributed by atoms with Crippen LogP contribution in [-0.2, 0) is 16.1 Å². The number of benzene rings is 1. The van der Waals surface area contributed by atoms with Crippen molar-refractivity contribution in [2.75, 3.05) is 13.1 Å². The maximum absolute atomic E-state index is 12.3. The van der Waals surface area contributed by atoms with Gasteiger partial charge in [-0.25, -0.2) is 0 Å². The van der Waals surface area contributed by atoms with E-state index in [1.165, 1.54) is 0 Å². The number of aryl methyl sites for hydroxylation is 1. The Morgan fingerprint density at radius 2 is 2.10 bits per heavy atom. The minimum absolute atomic E-state index is 0.0105. The van der Waals surface area contributed by atoms with Crippen molar-refractivity contribution in [2.24, 2.45) is 0 Å². The summed E-state index contributed by atoms with van der Waals surface area (Å²) in [6, 6.07) is 9.73. The Balaban J connectivity index is 2.26. The Hall–Kier alpha value is -2.74. The first-order chi connectivity index (χ1) is 10.0. The van der Waals surface area contributed by atoms with Gasteiger partial charge >= 0.3 is 5.97 Å². The first kappa shape index (κ1) is 14.7. The van der Waals surface area contributed by atoms with Gasteiger partial charge in [0, 0.05) is 11.2 Å². The van der Waals surface area contributed by atoms with Gasteiger partial charge in [0.05, 0.1) is 6.54 Å². The molecule has 0 bridgehead atoms. The molecule has 0 unspecified atom stereocenters. The number of rotatable bonds is 5. The number of hydrogen-bond acceptors (Lipinski definition) is 2. The van der Waals surface area contributed by atoms with Gasteiger partial charge < -0.3 is 14.6 Å². The molecule has 0 saturated carbocycles. The highest BCUT2D eigenvalue weighted by molar-refractivity contribution is 5.85. The Morgan fingerprint density at radius 3 is 2.76 bits per heavy atom. The van der Waals surface area contributed by atoms with E-state index in [9.17, 15) is 9.59 Å². The SMILES string of the molecule is C#CCN(CC(=O)O)C(=O)Cn1c(C)cc2ccccc21. The molecule has 0 saturated heterocycles. The van der Waals surface area contributed by atoms with E-state index in [2.05, 4.69) is 5.92 Å². The summed E-state index contributed by atoms with van der Waals surface area (Å²) in [7, 11) is 0. The fraction of sp³-hybridized carbons (Fsp3) is 0.250. The smallest absolute Gasteiger partial charge is 0.323 e. The average Bonchev–Trinajstić information content (AvgIpc) is 2.74. The van der Waals surface area contributed by atoms with E-state index in [-0.39, 0.29) is 25.5 Å². The van der Waals surface area contributed by atoms with Crippen LogP contribution in [0.2, 0.25) is 0 Å². The van der Waals surface area contributed by atoms with Gasteiger partial charge in [-0.3, -0.25) is 9.59 Å². The standard InChI is InChI=1S/C16H16N2O3/c1-3-8-17(11-16(20)21)15(19)10-18-12(2)9-13-6-4-5-7-14(13)18/h1,4-7,9H,8,10-11H2,2H3,(H,20,21). The third-order valence-electron chi connectivity index (χ3n) is 3.27. The van der Waals surface area contributed by atoms with E-state index < -0.39 is 5.97 Å². The average molecular weight is 284 g/mol.